The van der Waals surface area contributed by atoms with Crippen molar-refractivity contribution in [2.75, 3.05) is 20.2 Å². The molecule has 4 nitrogen and oxygen atoms in total. The van der Waals surface area contributed by atoms with Crippen LogP contribution >= 0.6 is 0 Å². The van der Waals surface area contributed by atoms with E-state index in [0.717, 1.165) is 43.2 Å². The quantitative estimate of drug-likeness (QED) is 0.796. The van der Waals surface area contributed by atoms with Crippen molar-refractivity contribution >= 4 is 5.78 Å². The summed E-state index contributed by atoms with van der Waals surface area (Å²) in [6, 6.07) is 4.86. The zero-order valence-corrected chi connectivity index (χ0v) is 17.1. The van der Waals surface area contributed by atoms with Gasteiger partial charge >= 0.3 is 0 Å². The Bertz CT molecular complexity index is 831. The number of likely N-dealkylation sites (tertiary alicyclic amines) is 1. The number of piperidine rings is 1. The van der Waals surface area contributed by atoms with Gasteiger partial charge in [-0.25, -0.2) is 0 Å². The van der Waals surface area contributed by atoms with Crippen molar-refractivity contribution in [3.05, 3.63) is 23.3 Å². The first-order chi connectivity index (χ1) is 13.7. The zero-order chi connectivity index (χ0) is 19.0. The fourth-order valence-electron chi connectivity index (χ4n) is 7.44. The molecule has 0 aromatic heterocycles. The second-order valence-electron chi connectivity index (χ2n) is 9.85. The number of Topliss-reactive ketones (excluding diaryl/α,β-unsaturated/α-hetero) is 1. The lowest BCUT2D eigenvalue weighted by molar-refractivity contribution is -0.145. The maximum absolute atomic E-state index is 13.2. The average Bonchev–Trinajstić information content (AvgIpc) is 3.01. The van der Waals surface area contributed by atoms with E-state index in [0.29, 0.717) is 30.1 Å². The van der Waals surface area contributed by atoms with Gasteiger partial charge in [0, 0.05) is 30.0 Å². The van der Waals surface area contributed by atoms with Gasteiger partial charge in [0.05, 0.1) is 7.11 Å². The topological polar surface area (TPSA) is 38.8 Å². The highest BCUT2D eigenvalue weighted by Gasteiger charge is 2.68. The molecule has 0 amide bonds. The number of ketones is 1. The fourth-order valence-corrected chi connectivity index (χ4v) is 7.44. The molecule has 1 spiro atoms. The van der Waals surface area contributed by atoms with Crippen LogP contribution in [0.15, 0.2) is 12.1 Å². The Kier molecular flexibility index (Phi) is 3.70. The number of ether oxygens (including phenoxy) is 2. The second kappa shape index (κ2) is 5.98. The van der Waals surface area contributed by atoms with Crippen molar-refractivity contribution in [2.45, 2.75) is 69.4 Å². The normalized spacial score (nSPS) is 38.6. The van der Waals surface area contributed by atoms with Gasteiger partial charge in [-0.15, -0.1) is 0 Å². The van der Waals surface area contributed by atoms with E-state index in [1.807, 2.05) is 0 Å². The SMILES string of the molecule is CC[C@H]1CC(=O)[C@H]2Oc3c(OC)ccc4c3[C@@]23CCN(CC2CCC2)[C@H](C4)[C@H]13. The van der Waals surface area contributed by atoms with E-state index >= 15 is 0 Å². The van der Waals surface area contributed by atoms with E-state index in [-0.39, 0.29) is 11.5 Å². The lowest BCUT2D eigenvalue weighted by Gasteiger charge is -2.60. The van der Waals surface area contributed by atoms with Gasteiger partial charge in [0.2, 0.25) is 0 Å². The van der Waals surface area contributed by atoms with Gasteiger partial charge in [-0.3, -0.25) is 9.69 Å². The average molecular weight is 382 g/mol. The number of methoxy groups -OCH3 is 1. The summed E-state index contributed by atoms with van der Waals surface area (Å²) in [5.41, 5.74) is 2.63. The lowest BCUT2D eigenvalue weighted by Crippen LogP contribution is -2.68. The van der Waals surface area contributed by atoms with Gasteiger partial charge in [-0.2, -0.15) is 0 Å². The van der Waals surface area contributed by atoms with Gasteiger partial charge < -0.3 is 9.47 Å². The van der Waals surface area contributed by atoms with Crippen LogP contribution in [0.3, 0.4) is 0 Å². The summed E-state index contributed by atoms with van der Waals surface area (Å²) in [5, 5.41) is 0. The number of carbonyl (C=O) groups is 1. The fraction of sp³-hybridized carbons (Fsp3) is 0.708. The molecule has 150 valence electrons. The highest BCUT2D eigenvalue weighted by molar-refractivity contribution is 5.89. The summed E-state index contributed by atoms with van der Waals surface area (Å²) in [6.45, 7) is 4.64. The van der Waals surface area contributed by atoms with Crippen LogP contribution in [0.1, 0.15) is 56.6 Å². The summed E-state index contributed by atoms with van der Waals surface area (Å²) in [5.74, 6) is 3.91. The zero-order valence-electron chi connectivity index (χ0n) is 17.1. The van der Waals surface area contributed by atoms with Crippen LogP contribution < -0.4 is 9.47 Å². The van der Waals surface area contributed by atoms with Crippen molar-refractivity contribution in [3.8, 4) is 11.5 Å². The number of benzene rings is 1. The third kappa shape index (κ3) is 2.03. The van der Waals surface area contributed by atoms with Gasteiger partial charge in [0.15, 0.2) is 23.4 Å². The molecule has 5 atom stereocenters. The molecule has 1 aromatic carbocycles. The molecule has 2 aliphatic heterocycles. The van der Waals surface area contributed by atoms with Crippen LogP contribution in [0.2, 0.25) is 0 Å². The molecule has 3 fully saturated rings. The van der Waals surface area contributed by atoms with Gasteiger partial charge in [0.1, 0.15) is 0 Å². The number of hydrogen-bond donors (Lipinski definition) is 0. The summed E-state index contributed by atoms with van der Waals surface area (Å²) in [4.78, 5) is 16.0. The summed E-state index contributed by atoms with van der Waals surface area (Å²) in [6.07, 6.45) is 7.86. The monoisotopic (exact) mass is 381 g/mol. The molecule has 0 N–H and O–H groups in total. The van der Waals surface area contributed by atoms with Crippen LogP contribution in [0.5, 0.6) is 11.5 Å². The molecule has 5 aliphatic rings. The van der Waals surface area contributed by atoms with Crippen LogP contribution in [0.4, 0.5) is 0 Å². The van der Waals surface area contributed by atoms with E-state index in [1.165, 1.54) is 36.9 Å². The lowest BCUT2D eigenvalue weighted by atomic mass is 9.48. The molecule has 6 rings (SSSR count). The Balaban J connectivity index is 1.51. The minimum absolute atomic E-state index is 0.117. The minimum Gasteiger partial charge on any atom is -0.493 e. The molecule has 0 unspecified atom stereocenters. The minimum atomic E-state index is -0.293. The van der Waals surface area contributed by atoms with E-state index in [4.69, 9.17) is 9.47 Å². The summed E-state index contributed by atoms with van der Waals surface area (Å²) >= 11 is 0. The van der Waals surface area contributed by atoms with E-state index in [2.05, 4.69) is 24.0 Å². The first-order valence-electron chi connectivity index (χ1n) is 11.3. The van der Waals surface area contributed by atoms with Crippen molar-refractivity contribution in [3.63, 3.8) is 0 Å². The van der Waals surface area contributed by atoms with Crippen molar-refractivity contribution < 1.29 is 14.3 Å². The Labute approximate surface area is 167 Å². The molecule has 2 saturated carbocycles. The predicted molar refractivity (Wildman–Crippen MR) is 107 cm³/mol. The number of rotatable bonds is 4. The molecule has 2 bridgehead atoms. The Morgan fingerprint density at radius 2 is 2.14 bits per heavy atom. The second-order valence-corrected chi connectivity index (χ2v) is 9.85. The van der Waals surface area contributed by atoms with Crippen LogP contribution in [-0.4, -0.2) is 43.0 Å². The maximum atomic E-state index is 13.2. The van der Waals surface area contributed by atoms with E-state index in [1.54, 1.807) is 7.11 Å². The molecular formula is C24H31NO3. The predicted octanol–water partition coefficient (Wildman–Crippen LogP) is 3.74. The van der Waals surface area contributed by atoms with E-state index in [9.17, 15) is 4.79 Å². The van der Waals surface area contributed by atoms with E-state index < -0.39 is 0 Å². The molecule has 28 heavy (non-hydrogen) atoms. The smallest absolute Gasteiger partial charge is 0.174 e. The third-order valence-corrected chi connectivity index (χ3v) is 8.82. The van der Waals surface area contributed by atoms with Crippen LogP contribution in [-0.2, 0) is 16.6 Å². The Morgan fingerprint density at radius 3 is 2.86 bits per heavy atom. The molecule has 0 radical (unpaired) electrons. The Morgan fingerprint density at radius 1 is 1.29 bits per heavy atom. The first-order valence-corrected chi connectivity index (χ1v) is 11.3. The molecule has 1 saturated heterocycles. The highest BCUT2D eigenvalue weighted by atomic mass is 16.5. The molecular weight excluding hydrogens is 350 g/mol. The number of nitrogens with zero attached hydrogens (tertiary/aromatic N) is 1. The van der Waals surface area contributed by atoms with Crippen LogP contribution in [0.25, 0.3) is 0 Å². The highest BCUT2D eigenvalue weighted by Crippen LogP contribution is 2.64. The van der Waals surface area contributed by atoms with Gasteiger partial charge in [-0.05, 0) is 61.6 Å². The molecule has 3 aliphatic carbocycles. The maximum Gasteiger partial charge on any atom is 0.174 e. The summed E-state index contributed by atoms with van der Waals surface area (Å²) in [7, 11) is 1.71. The molecule has 2 heterocycles. The third-order valence-electron chi connectivity index (χ3n) is 8.82. The first kappa shape index (κ1) is 17.3. The van der Waals surface area contributed by atoms with Gasteiger partial charge in [-0.1, -0.05) is 25.8 Å². The standard InChI is InChI=1S/C24H31NO3/c1-3-15-12-18(26)23-24-9-10-25(13-14-5-4-6-14)17(20(15)24)11-16-7-8-19(27-2)22(28-23)21(16)24/h7-8,14-15,17,20,23H,3-6,9-13H2,1-2H3/t15-,17+,20-,23+,24-/m0/s1. The molecule has 4 heteroatoms. The summed E-state index contributed by atoms with van der Waals surface area (Å²) < 4.78 is 12.1. The number of carbonyl (C=O) groups excluding carboxylic acids is 1. The van der Waals surface area contributed by atoms with Gasteiger partial charge in [0.25, 0.3) is 0 Å². The van der Waals surface area contributed by atoms with Crippen molar-refractivity contribution in [1.82, 2.24) is 4.90 Å². The van der Waals surface area contributed by atoms with Crippen molar-refractivity contribution in [2.24, 2.45) is 17.8 Å². The largest absolute Gasteiger partial charge is 0.493 e. The Hall–Kier alpha value is -1.55. The molecule has 1 aromatic rings. The number of hydrogen-bond acceptors (Lipinski definition) is 4. The van der Waals surface area contributed by atoms with Crippen molar-refractivity contribution in [1.29, 1.82) is 0 Å². The van der Waals surface area contributed by atoms with Crippen LogP contribution in [0, 0.1) is 17.8 Å².